The van der Waals surface area contributed by atoms with Gasteiger partial charge >= 0.3 is 0 Å². The third-order valence-corrected chi connectivity index (χ3v) is 4.12. The highest BCUT2D eigenvalue weighted by Crippen LogP contribution is 2.19. The molecule has 0 spiro atoms. The number of halogens is 1. The molecule has 0 unspecified atom stereocenters. The van der Waals surface area contributed by atoms with Crippen LogP contribution in [0, 0.1) is 19.7 Å². The van der Waals surface area contributed by atoms with E-state index in [-0.39, 0.29) is 11.7 Å². The average molecular weight is 277 g/mol. The third-order valence-electron chi connectivity index (χ3n) is 3.11. The summed E-state index contributed by atoms with van der Waals surface area (Å²) in [5.74, 6) is -0.392. The minimum Gasteiger partial charge on any atom is -0.337 e. The van der Waals surface area contributed by atoms with Crippen LogP contribution in [0.4, 0.5) is 4.39 Å². The molecule has 2 nitrogen and oxygen atoms in total. The Balaban J connectivity index is 2.17. The second kappa shape index (κ2) is 5.53. The Hall–Kier alpha value is -1.68. The van der Waals surface area contributed by atoms with Gasteiger partial charge in [-0.25, -0.2) is 4.39 Å². The summed E-state index contributed by atoms with van der Waals surface area (Å²) in [7, 11) is 1.77. The topological polar surface area (TPSA) is 20.3 Å². The van der Waals surface area contributed by atoms with Gasteiger partial charge in [0.1, 0.15) is 5.82 Å². The molecule has 0 fully saturated rings. The molecule has 2 aromatic rings. The van der Waals surface area contributed by atoms with E-state index >= 15 is 0 Å². The monoisotopic (exact) mass is 277 g/mol. The van der Waals surface area contributed by atoms with Crippen LogP contribution in [0.2, 0.25) is 0 Å². The van der Waals surface area contributed by atoms with Crippen molar-refractivity contribution in [2.75, 3.05) is 7.05 Å². The fourth-order valence-electron chi connectivity index (χ4n) is 1.93. The molecule has 0 N–H and O–H groups in total. The van der Waals surface area contributed by atoms with Crippen molar-refractivity contribution in [1.29, 1.82) is 0 Å². The van der Waals surface area contributed by atoms with Crippen molar-refractivity contribution >= 4 is 17.2 Å². The highest BCUT2D eigenvalue weighted by molar-refractivity contribution is 7.10. The molecule has 2 rings (SSSR count). The van der Waals surface area contributed by atoms with E-state index in [2.05, 4.69) is 0 Å². The smallest absolute Gasteiger partial charge is 0.254 e. The maximum Gasteiger partial charge on any atom is 0.254 e. The van der Waals surface area contributed by atoms with E-state index < -0.39 is 0 Å². The van der Waals surface area contributed by atoms with E-state index in [0.717, 1.165) is 0 Å². The van der Waals surface area contributed by atoms with Gasteiger partial charge in [0, 0.05) is 17.5 Å². The number of rotatable bonds is 3. The van der Waals surface area contributed by atoms with E-state index in [1.165, 1.54) is 22.6 Å². The summed E-state index contributed by atoms with van der Waals surface area (Å²) in [6, 6.07) is 6.30. The molecule has 0 aliphatic rings. The minimum atomic E-state index is -0.314. The van der Waals surface area contributed by atoms with E-state index in [1.54, 1.807) is 36.3 Å². The Morgan fingerprint density at radius 2 is 2.00 bits per heavy atom. The third kappa shape index (κ3) is 3.01. The zero-order valence-corrected chi connectivity index (χ0v) is 12.1. The largest absolute Gasteiger partial charge is 0.337 e. The molecule has 0 bridgehead atoms. The van der Waals surface area contributed by atoms with Crippen molar-refractivity contribution < 1.29 is 9.18 Å². The number of hydrogen-bond acceptors (Lipinski definition) is 2. The van der Waals surface area contributed by atoms with Crippen LogP contribution in [0.15, 0.2) is 29.6 Å². The summed E-state index contributed by atoms with van der Waals surface area (Å²) in [4.78, 5) is 15.2. The van der Waals surface area contributed by atoms with Gasteiger partial charge in [-0.1, -0.05) is 0 Å². The second-order valence-corrected chi connectivity index (χ2v) is 5.65. The van der Waals surface area contributed by atoms with Crippen LogP contribution in [0.25, 0.3) is 0 Å². The number of carbonyl (C=O) groups excluding carboxylic acids is 1. The molecule has 0 atom stereocenters. The quantitative estimate of drug-likeness (QED) is 0.836. The van der Waals surface area contributed by atoms with Gasteiger partial charge in [-0.2, -0.15) is 0 Å². The summed E-state index contributed by atoms with van der Waals surface area (Å²) in [6.45, 7) is 4.37. The molecule has 0 aliphatic carbocycles. The summed E-state index contributed by atoms with van der Waals surface area (Å²) in [5.41, 5.74) is 2.42. The van der Waals surface area contributed by atoms with Crippen molar-refractivity contribution in [1.82, 2.24) is 4.90 Å². The van der Waals surface area contributed by atoms with Gasteiger partial charge in [0.05, 0.1) is 6.54 Å². The molecule has 100 valence electrons. The zero-order chi connectivity index (χ0) is 14.0. The van der Waals surface area contributed by atoms with Crippen molar-refractivity contribution in [2.45, 2.75) is 20.4 Å². The van der Waals surface area contributed by atoms with Crippen LogP contribution >= 0.6 is 11.3 Å². The summed E-state index contributed by atoms with van der Waals surface area (Å²) >= 11 is 1.64. The molecule has 19 heavy (non-hydrogen) atoms. The first kappa shape index (κ1) is 13.7. The first-order valence-electron chi connectivity index (χ1n) is 6.03. The molecule has 0 saturated carbocycles. The number of nitrogens with zero attached hydrogens (tertiary/aromatic N) is 1. The van der Waals surface area contributed by atoms with Crippen molar-refractivity contribution in [3.63, 3.8) is 0 Å². The maximum absolute atomic E-state index is 13.0. The Morgan fingerprint density at radius 1 is 1.26 bits per heavy atom. The van der Waals surface area contributed by atoms with Gasteiger partial charge in [-0.15, -0.1) is 11.3 Å². The lowest BCUT2D eigenvalue weighted by molar-refractivity contribution is 0.0785. The Kier molecular flexibility index (Phi) is 4.00. The lowest BCUT2D eigenvalue weighted by Gasteiger charge is -2.18. The van der Waals surface area contributed by atoms with Crippen LogP contribution < -0.4 is 0 Å². The molecule has 1 aromatic heterocycles. The molecular formula is C15H16FNOS. The number of aryl methyl sites for hydroxylation is 2. The van der Waals surface area contributed by atoms with Crippen LogP contribution in [0.5, 0.6) is 0 Å². The van der Waals surface area contributed by atoms with E-state index in [0.29, 0.717) is 17.7 Å². The number of carbonyl (C=O) groups is 1. The lowest BCUT2D eigenvalue weighted by atomic mass is 10.1. The normalized spacial score (nSPS) is 10.5. The SMILES string of the molecule is Cc1cc(F)ccc1C(=O)N(C)Cc1sccc1C. The van der Waals surface area contributed by atoms with Gasteiger partial charge in [-0.3, -0.25) is 4.79 Å². The zero-order valence-electron chi connectivity index (χ0n) is 11.2. The molecule has 1 aromatic carbocycles. The van der Waals surface area contributed by atoms with Gasteiger partial charge in [0.25, 0.3) is 5.91 Å². The van der Waals surface area contributed by atoms with Crippen LogP contribution in [-0.2, 0) is 6.54 Å². The first-order chi connectivity index (χ1) is 8.99. The fourth-order valence-corrected chi connectivity index (χ4v) is 2.88. The van der Waals surface area contributed by atoms with Crippen molar-refractivity contribution in [3.05, 3.63) is 57.0 Å². The van der Waals surface area contributed by atoms with E-state index in [4.69, 9.17) is 0 Å². The number of thiophene rings is 1. The summed E-state index contributed by atoms with van der Waals surface area (Å²) < 4.78 is 13.0. The van der Waals surface area contributed by atoms with Crippen LogP contribution in [0.1, 0.15) is 26.4 Å². The molecule has 1 heterocycles. The van der Waals surface area contributed by atoms with Crippen LogP contribution in [-0.4, -0.2) is 17.9 Å². The fraction of sp³-hybridized carbons (Fsp3) is 0.267. The first-order valence-corrected chi connectivity index (χ1v) is 6.91. The maximum atomic E-state index is 13.0. The highest BCUT2D eigenvalue weighted by atomic mass is 32.1. The number of benzene rings is 1. The van der Waals surface area contributed by atoms with Gasteiger partial charge in [0.15, 0.2) is 0 Å². The molecule has 0 aliphatic heterocycles. The predicted octanol–water partition coefficient (Wildman–Crippen LogP) is 3.78. The highest BCUT2D eigenvalue weighted by Gasteiger charge is 2.15. The Morgan fingerprint density at radius 3 is 2.58 bits per heavy atom. The van der Waals surface area contributed by atoms with Crippen molar-refractivity contribution in [3.8, 4) is 0 Å². The van der Waals surface area contributed by atoms with E-state index in [9.17, 15) is 9.18 Å². The van der Waals surface area contributed by atoms with Gasteiger partial charge in [-0.05, 0) is 54.6 Å². The standard InChI is InChI=1S/C15H16FNOS/c1-10-6-7-19-14(10)9-17(3)15(18)13-5-4-12(16)8-11(13)2/h4-8H,9H2,1-3H3. The lowest BCUT2D eigenvalue weighted by Crippen LogP contribution is -2.26. The number of amides is 1. The summed E-state index contributed by atoms with van der Waals surface area (Å²) in [5, 5.41) is 2.02. The Bertz CT molecular complexity index is 606. The van der Waals surface area contributed by atoms with Crippen LogP contribution in [0.3, 0.4) is 0 Å². The second-order valence-electron chi connectivity index (χ2n) is 4.65. The predicted molar refractivity (Wildman–Crippen MR) is 76.0 cm³/mol. The van der Waals surface area contributed by atoms with Crippen molar-refractivity contribution in [2.24, 2.45) is 0 Å². The molecule has 0 saturated heterocycles. The average Bonchev–Trinajstić information content (AvgIpc) is 2.74. The van der Waals surface area contributed by atoms with Gasteiger partial charge in [0.2, 0.25) is 0 Å². The Labute approximate surface area is 116 Å². The van der Waals surface area contributed by atoms with Gasteiger partial charge < -0.3 is 4.90 Å². The number of hydrogen-bond donors (Lipinski definition) is 0. The molecule has 4 heteroatoms. The molecule has 1 amide bonds. The van der Waals surface area contributed by atoms with E-state index in [1.807, 2.05) is 18.4 Å². The summed E-state index contributed by atoms with van der Waals surface area (Å²) in [6.07, 6.45) is 0. The minimum absolute atomic E-state index is 0.0784. The molecular weight excluding hydrogens is 261 g/mol. The molecule has 0 radical (unpaired) electrons.